The van der Waals surface area contributed by atoms with Gasteiger partial charge in [-0.1, -0.05) is 0 Å². The number of hydrogen-bond donors (Lipinski definition) is 0. The smallest absolute Gasteiger partial charge is 0.356 e. The quantitative estimate of drug-likeness (QED) is 0.854. The van der Waals surface area contributed by atoms with E-state index in [2.05, 4.69) is 9.97 Å². The number of piperidine rings is 1. The summed E-state index contributed by atoms with van der Waals surface area (Å²) < 4.78 is 37.0. The molecule has 2 rings (SSSR count). The minimum Gasteiger partial charge on any atom is -0.356 e. The predicted octanol–water partition coefficient (Wildman–Crippen LogP) is 2.25. The van der Waals surface area contributed by atoms with Crippen LogP contribution in [0.25, 0.3) is 0 Å². The molecule has 7 heteroatoms. The number of nitrogens with zero attached hydrogens (tertiary/aromatic N) is 4. The molecule has 0 bridgehead atoms. The molecule has 1 aliphatic heterocycles. The minimum atomic E-state index is -4.11. The van der Waals surface area contributed by atoms with Crippen LogP contribution in [0.3, 0.4) is 0 Å². The summed E-state index contributed by atoms with van der Waals surface area (Å²) in [7, 11) is 1.94. The minimum absolute atomic E-state index is 0.230. The van der Waals surface area contributed by atoms with E-state index in [0.29, 0.717) is 13.1 Å². The lowest BCUT2D eigenvalue weighted by Crippen LogP contribution is -2.46. The molecule has 0 aromatic carbocycles. The molecule has 0 radical (unpaired) electrons. The van der Waals surface area contributed by atoms with Crippen LogP contribution in [0.2, 0.25) is 0 Å². The Hall–Kier alpha value is -1.37. The van der Waals surface area contributed by atoms with E-state index in [1.54, 1.807) is 0 Å². The summed E-state index contributed by atoms with van der Waals surface area (Å²) in [6.07, 6.45) is -1.16. The first kappa shape index (κ1) is 15.0. The molecule has 1 aromatic heterocycles. The van der Waals surface area contributed by atoms with Crippen LogP contribution in [0.4, 0.5) is 19.0 Å². The summed E-state index contributed by atoms with van der Waals surface area (Å²) >= 11 is 0. The zero-order valence-electron chi connectivity index (χ0n) is 11.7. The second-order valence-electron chi connectivity index (χ2n) is 5.25. The summed E-state index contributed by atoms with van der Waals surface area (Å²) in [4.78, 5) is 11.8. The zero-order chi connectivity index (χ0) is 14.8. The van der Waals surface area contributed by atoms with Crippen molar-refractivity contribution < 1.29 is 13.2 Å². The maximum Gasteiger partial charge on any atom is 0.401 e. The molecule has 2 heterocycles. The van der Waals surface area contributed by atoms with Crippen molar-refractivity contribution in [3.05, 3.63) is 18.1 Å². The molecule has 0 spiro atoms. The molecule has 0 atom stereocenters. The molecule has 0 aliphatic carbocycles. The highest BCUT2D eigenvalue weighted by Gasteiger charge is 2.33. The number of rotatable bonds is 3. The number of halogens is 3. The van der Waals surface area contributed by atoms with Gasteiger partial charge in [-0.05, 0) is 19.8 Å². The van der Waals surface area contributed by atoms with E-state index in [4.69, 9.17) is 0 Å². The van der Waals surface area contributed by atoms with Crippen molar-refractivity contribution in [3.8, 4) is 0 Å². The van der Waals surface area contributed by atoms with Crippen molar-refractivity contribution in [2.45, 2.75) is 32.0 Å². The molecular formula is C13H19F3N4. The van der Waals surface area contributed by atoms with Gasteiger partial charge in [0.25, 0.3) is 0 Å². The van der Waals surface area contributed by atoms with Gasteiger partial charge in [0.2, 0.25) is 0 Å². The van der Waals surface area contributed by atoms with Gasteiger partial charge in [-0.2, -0.15) is 13.2 Å². The Morgan fingerprint density at radius 2 is 1.95 bits per heavy atom. The van der Waals surface area contributed by atoms with Gasteiger partial charge in [0.1, 0.15) is 12.1 Å². The van der Waals surface area contributed by atoms with Crippen molar-refractivity contribution in [3.63, 3.8) is 0 Å². The Balaban J connectivity index is 1.90. The number of aromatic nitrogens is 2. The second-order valence-corrected chi connectivity index (χ2v) is 5.25. The largest absolute Gasteiger partial charge is 0.401 e. The summed E-state index contributed by atoms with van der Waals surface area (Å²) in [6, 6.07) is 2.12. The Kier molecular flexibility index (Phi) is 4.47. The van der Waals surface area contributed by atoms with Gasteiger partial charge in [0.15, 0.2) is 0 Å². The SMILES string of the molecule is Cc1cc(N(C)C2CCN(CC(F)(F)F)CC2)ncn1. The number of likely N-dealkylation sites (tertiary alicyclic amines) is 1. The van der Waals surface area contributed by atoms with Gasteiger partial charge in [-0.15, -0.1) is 0 Å². The van der Waals surface area contributed by atoms with Crippen molar-refractivity contribution in [2.75, 3.05) is 31.6 Å². The Bertz CT molecular complexity index is 441. The molecule has 112 valence electrons. The first-order valence-corrected chi connectivity index (χ1v) is 6.66. The summed E-state index contributed by atoms with van der Waals surface area (Å²) in [6.45, 7) is 2.03. The fraction of sp³-hybridized carbons (Fsp3) is 0.692. The molecule has 0 unspecified atom stereocenters. The number of hydrogen-bond acceptors (Lipinski definition) is 4. The Morgan fingerprint density at radius 3 is 2.50 bits per heavy atom. The first-order chi connectivity index (χ1) is 9.35. The van der Waals surface area contributed by atoms with Crippen LogP contribution in [-0.2, 0) is 0 Å². The van der Waals surface area contributed by atoms with E-state index in [0.717, 1.165) is 24.4 Å². The van der Waals surface area contributed by atoms with Gasteiger partial charge in [0.05, 0.1) is 6.54 Å². The predicted molar refractivity (Wildman–Crippen MR) is 70.7 cm³/mol. The highest BCUT2D eigenvalue weighted by Crippen LogP contribution is 2.23. The molecule has 1 saturated heterocycles. The molecule has 1 aliphatic rings. The molecule has 0 saturated carbocycles. The molecule has 4 nitrogen and oxygen atoms in total. The zero-order valence-corrected chi connectivity index (χ0v) is 11.7. The van der Waals surface area contributed by atoms with Gasteiger partial charge in [0, 0.05) is 37.9 Å². The van der Waals surface area contributed by atoms with Crippen LogP contribution in [-0.4, -0.2) is 53.8 Å². The van der Waals surface area contributed by atoms with Gasteiger partial charge < -0.3 is 4.90 Å². The third kappa shape index (κ3) is 4.06. The molecule has 20 heavy (non-hydrogen) atoms. The number of alkyl halides is 3. The molecule has 0 N–H and O–H groups in total. The molecule has 1 aromatic rings. The maximum atomic E-state index is 12.3. The van der Waals surface area contributed by atoms with Crippen LogP contribution < -0.4 is 4.90 Å². The van der Waals surface area contributed by atoms with Crippen LogP contribution in [0.5, 0.6) is 0 Å². The van der Waals surface area contributed by atoms with Crippen molar-refractivity contribution in [2.24, 2.45) is 0 Å². The van der Waals surface area contributed by atoms with Crippen LogP contribution >= 0.6 is 0 Å². The topological polar surface area (TPSA) is 32.3 Å². The second kappa shape index (κ2) is 5.95. The van der Waals surface area contributed by atoms with Gasteiger partial charge in [-0.3, -0.25) is 4.90 Å². The van der Waals surface area contributed by atoms with Gasteiger partial charge in [-0.25, -0.2) is 9.97 Å². The molecular weight excluding hydrogens is 269 g/mol. The van der Waals surface area contributed by atoms with Crippen molar-refractivity contribution in [1.82, 2.24) is 14.9 Å². The third-order valence-electron chi connectivity index (χ3n) is 3.66. The highest BCUT2D eigenvalue weighted by molar-refractivity contribution is 5.39. The Labute approximate surface area is 116 Å². The average Bonchev–Trinajstić information content (AvgIpc) is 2.37. The highest BCUT2D eigenvalue weighted by atomic mass is 19.4. The van der Waals surface area contributed by atoms with E-state index in [1.165, 1.54) is 11.2 Å². The summed E-state index contributed by atoms with van der Waals surface area (Å²) in [5.41, 5.74) is 0.886. The summed E-state index contributed by atoms with van der Waals surface area (Å²) in [5.74, 6) is 0.826. The lowest BCUT2D eigenvalue weighted by Gasteiger charge is -2.37. The van der Waals surface area contributed by atoms with Gasteiger partial charge >= 0.3 is 6.18 Å². The third-order valence-corrected chi connectivity index (χ3v) is 3.66. The Morgan fingerprint density at radius 1 is 1.30 bits per heavy atom. The van der Waals surface area contributed by atoms with E-state index in [1.807, 2.05) is 24.9 Å². The number of anilines is 1. The lowest BCUT2D eigenvalue weighted by molar-refractivity contribution is -0.147. The first-order valence-electron chi connectivity index (χ1n) is 6.66. The van der Waals surface area contributed by atoms with Crippen LogP contribution in [0, 0.1) is 6.92 Å². The monoisotopic (exact) mass is 288 g/mol. The van der Waals surface area contributed by atoms with E-state index >= 15 is 0 Å². The van der Waals surface area contributed by atoms with E-state index < -0.39 is 12.7 Å². The van der Waals surface area contributed by atoms with Crippen LogP contribution in [0.1, 0.15) is 18.5 Å². The fourth-order valence-corrected chi connectivity index (χ4v) is 2.54. The summed E-state index contributed by atoms with van der Waals surface area (Å²) in [5, 5.41) is 0. The van der Waals surface area contributed by atoms with E-state index in [9.17, 15) is 13.2 Å². The molecule has 0 amide bonds. The van der Waals surface area contributed by atoms with Crippen molar-refractivity contribution >= 4 is 5.82 Å². The van der Waals surface area contributed by atoms with E-state index in [-0.39, 0.29) is 6.04 Å². The number of aryl methyl sites for hydroxylation is 1. The maximum absolute atomic E-state index is 12.3. The normalized spacial score (nSPS) is 18.2. The molecule has 1 fully saturated rings. The van der Waals surface area contributed by atoms with Crippen molar-refractivity contribution in [1.29, 1.82) is 0 Å². The lowest BCUT2D eigenvalue weighted by atomic mass is 10.0. The average molecular weight is 288 g/mol. The standard InChI is InChI=1S/C13H19F3N4/c1-10-7-12(18-9-17-10)19(2)11-3-5-20(6-4-11)8-13(14,15)16/h7,9,11H,3-6,8H2,1-2H3. The van der Waals surface area contributed by atoms with Crippen LogP contribution in [0.15, 0.2) is 12.4 Å². The fourth-order valence-electron chi connectivity index (χ4n) is 2.54.